The van der Waals surface area contributed by atoms with E-state index in [9.17, 15) is 4.79 Å². The van der Waals surface area contributed by atoms with Crippen molar-refractivity contribution in [1.29, 1.82) is 0 Å². The number of carbonyl (C=O) groups is 1. The third kappa shape index (κ3) is 3.45. The number of carbonyl (C=O) groups excluding carboxylic acids is 1. The van der Waals surface area contributed by atoms with Crippen LogP contribution in [0.15, 0.2) is 60.7 Å². The van der Waals surface area contributed by atoms with Crippen LogP contribution in [-0.4, -0.2) is 11.9 Å². The molecule has 2 aromatic rings. The summed E-state index contributed by atoms with van der Waals surface area (Å²) in [5.41, 5.74) is 1.50. The Morgan fingerprint density at radius 1 is 0.818 bits per heavy atom. The highest BCUT2D eigenvalue weighted by atomic mass is 16.6. The van der Waals surface area contributed by atoms with Gasteiger partial charge in [0.1, 0.15) is 0 Å². The fourth-order valence-electron chi connectivity index (χ4n) is 2.50. The molecule has 3 rings (SSSR count). The predicted octanol–water partition coefficient (Wildman–Crippen LogP) is 4.97. The van der Waals surface area contributed by atoms with Crippen molar-refractivity contribution in [2.24, 2.45) is 0 Å². The molecule has 1 atom stereocenters. The van der Waals surface area contributed by atoms with Gasteiger partial charge in [-0.05, 0) is 18.1 Å². The summed E-state index contributed by atoms with van der Waals surface area (Å²) in [5, 5.41) is 0. The largest absolute Gasteiger partial charge is 0.347 e. The summed E-state index contributed by atoms with van der Waals surface area (Å²) in [7, 11) is 0. The Hall–Kier alpha value is -1.93. The van der Waals surface area contributed by atoms with E-state index in [1.54, 1.807) is 6.92 Å². The highest BCUT2D eigenvalue weighted by Gasteiger charge is 2.61. The number of hydrogen-bond donors (Lipinski definition) is 0. The zero-order valence-electron chi connectivity index (χ0n) is 14.2. The molecule has 22 heavy (non-hydrogen) atoms. The number of benzene rings is 2. The summed E-state index contributed by atoms with van der Waals surface area (Å²) in [4.78, 5) is 11.6. The molecule has 0 amide bonds. The van der Waals surface area contributed by atoms with Crippen molar-refractivity contribution in [2.45, 2.75) is 46.3 Å². The summed E-state index contributed by atoms with van der Waals surface area (Å²) < 4.78 is 5.79. The van der Waals surface area contributed by atoms with Crippen molar-refractivity contribution >= 4 is 5.78 Å². The first-order valence-corrected chi connectivity index (χ1v) is 8.04. The lowest BCUT2D eigenvalue weighted by Crippen LogP contribution is -2.18. The summed E-state index contributed by atoms with van der Waals surface area (Å²) in [6.07, 6.45) is -0.359. The molecule has 2 heteroatoms. The average Bonchev–Trinajstić information content (AvgIpc) is 3.37. The number of ether oxygens (including phenoxy) is 1. The number of hydrogen-bond acceptors (Lipinski definition) is 2. The lowest BCUT2D eigenvalue weighted by Gasteiger charge is -2.13. The summed E-state index contributed by atoms with van der Waals surface area (Å²) in [6, 6.07) is 19.9. The van der Waals surface area contributed by atoms with Gasteiger partial charge in [0.2, 0.25) is 0 Å². The molecular formula is C20H26O2. The van der Waals surface area contributed by atoms with Gasteiger partial charge in [-0.25, -0.2) is 0 Å². The van der Waals surface area contributed by atoms with Gasteiger partial charge in [-0.2, -0.15) is 0 Å². The Morgan fingerprint density at radius 3 is 1.45 bits per heavy atom. The normalized spacial score (nSPS) is 17.2. The van der Waals surface area contributed by atoms with Gasteiger partial charge in [0.15, 0.2) is 17.5 Å². The van der Waals surface area contributed by atoms with Crippen molar-refractivity contribution in [2.75, 3.05) is 0 Å². The molecule has 0 saturated carbocycles. The molecule has 2 nitrogen and oxygen atoms in total. The molecule has 0 N–H and O–H groups in total. The maximum absolute atomic E-state index is 11.6. The molecule has 0 spiro atoms. The van der Waals surface area contributed by atoms with Crippen LogP contribution in [0.3, 0.4) is 0 Å². The molecular weight excluding hydrogens is 272 g/mol. The van der Waals surface area contributed by atoms with Crippen LogP contribution in [0.1, 0.15) is 45.7 Å². The minimum atomic E-state index is -0.575. The van der Waals surface area contributed by atoms with E-state index in [1.807, 2.05) is 88.4 Å². The van der Waals surface area contributed by atoms with Gasteiger partial charge >= 0.3 is 0 Å². The van der Waals surface area contributed by atoms with Gasteiger partial charge in [-0.15, -0.1) is 0 Å². The van der Waals surface area contributed by atoms with Gasteiger partial charge in [0.25, 0.3) is 0 Å². The van der Waals surface area contributed by atoms with Crippen molar-refractivity contribution in [3.05, 3.63) is 71.8 Å². The second-order valence-corrected chi connectivity index (χ2v) is 4.58. The van der Waals surface area contributed by atoms with Crippen molar-refractivity contribution in [3.63, 3.8) is 0 Å². The molecule has 1 fully saturated rings. The number of rotatable bonds is 3. The standard InChI is InChI=1S/C16H14O2.2C2H6/c1-12(17)15-16(18-15,13-8-4-2-5-9-13)14-10-6-3-7-11-14;2*1-2/h2-11,15H,1H3;2*1-2H3/t15-;;/m1../s1. The fraction of sp³-hybridized carbons (Fsp3) is 0.350. The summed E-state index contributed by atoms with van der Waals surface area (Å²) >= 11 is 0. The average molecular weight is 298 g/mol. The molecule has 2 aromatic carbocycles. The minimum Gasteiger partial charge on any atom is -0.347 e. The van der Waals surface area contributed by atoms with Gasteiger partial charge in [-0.1, -0.05) is 88.4 Å². The van der Waals surface area contributed by atoms with Crippen molar-refractivity contribution < 1.29 is 9.53 Å². The quantitative estimate of drug-likeness (QED) is 0.749. The minimum absolute atomic E-state index is 0.0720. The third-order valence-electron chi connectivity index (χ3n) is 3.39. The Balaban J connectivity index is 0.000000561. The van der Waals surface area contributed by atoms with E-state index in [1.165, 1.54) is 0 Å². The first-order chi connectivity index (χ1) is 10.7. The highest BCUT2D eigenvalue weighted by Crippen LogP contribution is 2.51. The summed E-state index contributed by atoms with van der Waals surface area (Å²) in [5.74, 6) is 0.0720. The van der Waals surface area contributed by atoms with Gasteiger partial charge < -0.3 is 4.74 Å². The van der Waals surface area contributed by atoms with Crippen molar-refractivity contribution in [3.8, 4) is 0 Å². The van der Waals surface area contributed by atoms with E-state index in [4.69, 9.17) is 4.74 Å². The second-order valence-electron chi connectivity index (χ2n) is 4.58. The molecule has 1 heterocycles. The monoisotopic (exact) mass is 298 g/mol. The van der Waals surface area contributed by atoms with E-state index in [-0.39, 0.29) is 11.9 Å². The predicted molar refractivity (Wildman–Crippen MR) is 91.9 cm³/mol. The van der Waals surface area contributed by atoms with E-state index >= 15 is 0 Å². The second kappa shape index (κ2) is 8.50. The van der Waals surface area contributed by atoms with Gasteiger partial charge in [-0.3, -0.25) is 4.79 Å². The van der Waals surface area contributed by atoms with E-state index in [2.05, 4.69) is 0 Å². The molecule has 0 radical (unpaired) electrons. The molecule has 118 valence electrons. The molecule has 1 saturated heterocycles. The highest BCUT2D eigenvalue weighted by molar-refractivity contribution is 5.86. The first-order valence-electron chi connectivity index (χ1n) is 8.04. The first kappa shape index (κ1) is 18.1. The van der Waals surface area contributed by atoms with E-state index in [0.29, 0.717) is 0 Å². The number of ketones is 1. The Morgan fingerprint density at radius 2 is 1.18 bits per heavy atom. The Labute approximate surface area is 134 Å². The molecule has 1 aliphatic heterocycles. The Kier molecular flexibility index (Phi) is 7.00. The third-order valence-corrected chi connectivity index (χ3v) is 3.39. The SMILES string of the molecule is CC.CC.CC(=O)[C@H]1OC1(c1ccccc1)c1ccccc1. The zero-order valence-corrected chi connectivity index (χ0v) is 14.2. The zero-order chi connectivity index (χ0) is 16.6. The molecule has 0 bridgehead atoms. The van der Waals surface area contributed by atoms with Crippen LogP contribution in [-0.2, 0) is 15.1 Å². The van der Waals surface area contributed by atoms with Gasteiger partial charge in [0, 0.05) is 0 Å². The van der Waals surface area contributed by atoms with Crippen molar-refractivity contribution in [1.82, 2.24) is 0 Å². The van der Waals surface area contributed by atoms with E-state index < -0.39 is 5.60 Å². The molecule has 0 aromatic heterocycles. The lowest BCUT2D eigenvalue weighted by atomic mass is 9.87. The Bertz CT molecular complexity index is 521. The van der Waals surface area contributed by atoms with Crippen LogP contribution in [0.2, 0.25) is 0 Å². The fourth-order valence-corrected chi connectivity index (χ4v) is 2.50. The van der Waals surface area contributed by atoms with Crippen LogP contribution < -0.4 is 0 Å². The number of epoxide rings is 1. The van der Waals surface area contributed by atoms with Crippen LogP contribution >= 0.6 is 0 Å². The molecule has 0 unspecified atom stereocenters. The number of Topliss-reactive ketones (excluding diaryl/α,β-unsaturated/α-hetero) is 1. The maximum Gasteiger partial charge on any atom is 0.162 e. The molecule has 1 aliphatic rings. The summed E-state index contributed by atoms with van der Waals surface area (Å²) in [6.45, 7) is 9.58. The van der Waals surface area contributed by atoms with Crippen LogP contribution in [0, 0.1) is 0 Å². The van der Waals surface area contributed by atoms with Crippen LogP contribution in [0.5, 0.6) is 0 Å². The van der Waals surface area contributed by atoms with Crippen LogP contribution in [0.25, 0.3) is 0 Å². The topological polar surface area (TPSA) is 29.6 Å². The van der Waals surface area contributed by atoms with Crippen LogP contribution in [0.4, 0.5) is 0 Å². The van der Waals surface area contributed by atoms with Gasteiger partial charge in [0.05, 0.1) is 0 Å². The smallest absolute Gasteiger partial charge is 0.162 e. The lowest BCUT2D eigenvalue weighted by molar-refractivity contribution is -0.118. The maximum atomic E-state index is 11.6. The molecule has 0 aliphatic carbocycles. The van der Waals surface area contributed by atoms with E-state index in [0.717, 1.165) is 11.1 Å².